The van der Waals surface area contributed by atoms with Crippen LogP contribution in [-0.2, 0) is 0 Å². The molecule has 0 amide bonds. The molecule has 1 N–H and O–H groups in total. The molecule has 1 aromatic rings. The number of piperazine rings is 1. The smallest absolute Gasteiger partial charge is 0.314 e. The Bertz CT molecular complexity index is 393. The summed E-state index contributed by atoms with van der Waals surface area (Å²) in [5, 5.41) is 3.07. The highest BCUT2D eigenvalue weighted by molar-refractivity contribution is 9.11. The molecule has 1 aromatic heterocycles. The third-order valence-electron chi connectivity index (χ3n) is 2.97. The molecule has 7 heteroatoms. The Morgan fingerprint density at radius 3 is 2.44 bits per heavy atom. The number of thiophene rings is 1. The summed E-state index contributed by atoms with van der Waals surface area (Å²) in [6.07, 6.45) is -4.23. The molecule has 1 aliphatic rings. The monoisotopic (exact) mass is 342 g/mol. The van der Waals surface area contributed by atoms with E-state index in [4.69, 9.17) is 0 Å². The highest BCUT2D eigenvalue weighted by atomic mass is 79.9. The first-order valence-electron chi connectivity index (χ1n) is 5.67. The number of hydrogen-bond donors (Lipinski definition) is 1. The van der Waals surface area contributed by atoms with Gasteiger partial charge >= 0.3 is 6.18 Å². The average molecular weight is 343 g/mol. The van der Waals surface area contributed by atoms with Crippen LogP contribution in [-0.4, -0.2) is 37.3 Å². The number of rotatable bonds is 2. The number of aryl methyl sites for hydroxylation is 1. The minimum absolute atomic E-state index is 0.369. The van der Waals surface area contributed by atoms with Gasteiger partial charge in [0.15, 0.2) is 0 Å². The third kappa shape index (κ3) is 3.07. The van der Waals surface area contributed by atoms with E-state index in [2.05, 4.69) is 21.2 Å². The molecule has 2 rings (SSSR count). The fraction of sp³-hybridized carbons (Fsp3) is 0.636. The third-order valence-corrected chi connectivity index (χ3v) is 5.16. The van der Waals surface area contributed by atoms with Crippen molar-refractivity contribution < 1.29 is 13.2 Å². The summed E-state index contributed by atoms with van der Waals surface area (Å²) in [5.74, 6) is 0. The van der Waals surface area contributed by atoms with Gasteiger partial charge < -0.3 is 5.32 Å². The van der Waals surface area contributed by atoms with Crippen LogP contribution in [0.2, 0.25) is 0 Å². The topological polar surface area (TPSA) is 15.3 Å². The van der Waals surface area contributed by atoms with Crippen LogP contribution in [0.5, 0.6) is 0 Å². The van der Waals surface area contributed by atoms with Crippen molar-refractivity contribution in [1.82, 2.24) is 10.2 Å². The van der Waals surface area contributed by atoms with Gasteiger partial charge in [0.1, 0.15) is 6.04 Å². The molecule has 1 fully saturated rings. The van der Waals surface area contributed by atoms with Crippen LogP contribution in [0.3, 0.4) is 0 Å². The zero-order valence-corrected chi connectivity index (χ0v) is 12.3. The number of hydrogen-bond acceptors (Lipinski definition) is 3. The maximum Gasteiger partial charge on any atom is 0.408 e. The number of nitrogens with one attached hydrogen (secondary N) is 1. The lowest BCUT2D eigenvalue weighted by Gasteiger charge is -2.35. The summed E-state index contributed by atoms with van der Waals surface area (Å²) in [5.41, 5.74) is 0.861. The van der Waals surface area contributed by atoms with Gasteiger partial charge in [-0.25, -0.2) is 0 Å². The number of halogens is 4. The van der Waals surface area contributed by atoms with Crippen LogP contribution < -0.4 is 5.32 Å². The Labute approximate surface area is 116 Å². The minimum Gasteiger partial charge on any atom is -0.314 e. The summed E-state index contributed by atoms with van der Waals surface area (Å²) in [6, 6.07) is 0.157. The van der Waals surface area contributed by atoms with E-state index in [0.717, 1.165) is 9.35 Å². The Hall–Kier alpha value is -0.110. The van der Waals surface area contributed by atoms with Gasteiger partial charge in [-0.2, -0.15) is 13.2 Å². The molecule has 2 heterocycles. The molecule has 0 bridgehead atoms. The van der Waals surface area contributed by atoms with Crippen LogP contribution >= 0.6 is 27.3 Å². The Balaban J connectivity index is 2.30. The molecule has 2 nitrogen and oxygen atoms in total. The van der Waals surface area contributed by atoms with Crippen LogP contribution in [0.1, 0.15) is 16.5 Å². The Kier molecular flexibility index (Phi) is 4.36. The number of alkyl halides is 3. The second-order valence-corrected chi connectivity index (χ2v) is 6.74. The van der Waals surface area contributed by atoms with Crippen molar-refractivity contribution >= 4 is 27.3 Å². The predicted molar refractivity (Wildman–Crippen MR) is 70.0 cm³/mol. The second kappa shape index (κ2) is 5.48. The lowest BCUT2D eigenvalue weighted by molar-refractivity contribution is -0.186. The highest BCUT2D eigenvalue weighted by Gasteiger charge is 2.45. The highest BCUT2D eigenvalue weighted by Crippen LogP contribution is 2.42. The van der Waals surface area contributed by atoms with E-state index in [9.17, 15) is 13.2 Å². The van der Waals surface area contributed by atoms with E-state index in [1.807, 2.05) is 6.92 Å². The number of nitrogens with zero attached hydrogens (tertiary/aromatic N) is 1. The summed E-state index contributed by atoms with van der Waals surface area (Å²) >= 11 is 4.47. The predicted octanol–water partition coefficient (Wildman–Crippen LogP) is 3.33. The van der Waals surface area contributed by atoms with Crippen molar-refractivity contribution in [3.05, 3.63) is 20.3 Å². The molecule has 0 aromatic carbocycles. The molecule has 0 aliphatic carbocycles. The molecular formula is C11H14BrF3N2S. The molecule has 102 valence electrons. The van der Waals surface area contributed by atoms with Crippen molar-refractivity contribution in [3.63, 3.8) is 0 Å². The molecule has 0 spiro atoms. The van der Waals surface area contributed by atoms with Crippen molar-refractivity contribution in [2.24, 2.45) is 0 Å². The maximum absolute atomic E-state index is 13.3. The Morgan fingerprint density at radius 1 is 1.39 bits per heavy atom. The zero-order valence-electron chi connectivity index (χ0n) is 9.85. The van der Waals surface area contributed by atoms with E-state index >= 15 is 0 Å². The van der Waals surface area contributed by atoms with Gasteiger partial charge in [-0.15, -0.1) is 11.3 Å². The Morgan fingerprint density at radius 2 is 2.00 bits per heavy atom. The maximum atomic E-state index is 13.3. The normalized spacial score (nSPS) is 20.1. The summed E-state index contributed by atoms with van der Waals surface area (Å²) in [7, 11) is 0. The van der Waals surface area contributed by atoms with Crippen molar-refractivity contribution in [2.75, 3.05) is 26.2 Å². The molecule has 0 unspecified atom stereocenters. The van der Waals surface area contributed by atoms with Crippen LogP contribution in [0.25, 0.3) is 0 Å². The SMILES string of the molecule is Cc1cc([C@@H](N2CCNCC2)C(F)(F)F)sc1Br. The van der Waals surface area contributed by atoms with E-state index in [0.29, 0.717) is 31.1 Å². The van der Waals surface area contributed by atoms with Crippen molar-refractivity contribution in [2.45, 2.75) is 19.1 Å². The van der Waals surface area contributed by atoms with Crippen LogP contribution in [0, 0.1) is 6.92 Å². The summed E-state index contributed by atoms with van der Waals surface area (Å²) in [4.78, 5) is 1.88. The quantitative estimate of drug-likeness (QED) is 0.886. The summed E-state index contributed by atoms with van der Waals surface area (Å²) in [6.45, 7) is 3.89. The molecule has 1 saturated heterocycles. The van der Waals surface area contributed by atoms with Crippen LogP contribution in [0.15, 0.2) is 9.85 Å². The standard InChI is InChI=1S/C11H14BrF3N2S/c1-7-6-8(18-10(7)12)9(11(13,14)15)17-4-2-16-3-5-17/h6,9,16H,2-5H2,1H3/t9-/m1/s1. The van der Waals surface area contributed by atoms with Gasteiger partial charge in [0.25, 0.3) is 0 Å². The largest absolute Gasteiger partial charge is 0.408 e. The van der Waals surface area contributed by atoms with Crippen molar-refractivity contribution in [1.29, 1.82) is 0 Å². The average Bonchev–Trinajstić information content (AvgIpc) is 2.58. The van der Waals surface area contributed by atoms with Crippen LogP contribution in [0.4, 0.5) is 13.2 Å². The van der Waals surface area contributed by atoms with Gasteiger partial charge in [0.05, 0.1) is 3.79 Å². The molecule has 18 heavy (non-hydrogen) atoms. The second-order valence-electron chi connectivity index (χ2n) is 4.34. The van der Waals surface area contributed by atoms with E-state index in [1.165, 1.54) is 16.2 Å². The minimum atomic E-state index is -4.23. The summed E-state index contributed by atoms with van der Waals surface area (Å²) < 4.78 is 40.6. The molecule has 1 aliphatic heterocycles. The van der Waals surface area contributed by atoms with E-state index in [-0.39, 0.29) is 0 Å². The molecule has 1 atom stereocenters. The van der Waals surface area contributed by atoms with E-state index < -0.39 is 12.2 Å². The van der Waals surface area contributed by atoms with Gasteiger partial charge in [-0.3, -0.25) is 4.90 Å². The van der Waals surface area contributed by atoms with Gasteiger partial charge in [0, 0.05) is 31.1 Å². The lowest BCUT2D eigenvalue weighted by atomic mass is 10.1. The van der Waals surface area contributed by atoms with Gasteiger partial charge in [0.2, 0.25) is 0 Å². The first-order valence-corrected chi connectivity index (χ1v) is 7.28. The molecular weight excluding hydrogens is 329 g/mol. The fourth-order valence-electron chi connectivity index (χ4n) is 2.11. The van der Waals surface area contributed by atoms with Gasteiger partial charge in [-0.05, 0) is 34.5 Å². The molecule has 0 saturated carbocycles. The van der Waals surface area contributed by atoms with Crippen molar-refractivity contribution in [3.8, 4) is 0 Å². The fourth-order valence-corrected chi connectivity index (χ4v) is 3.84. The first-order chi connectivity index (χ1) is 8.39. The van der Waals surface area contributed by atoms with E-state index in [1.54, 1.807) is 6.07 Å². The zero-order chi connectivity index (χ0) is 13.3. The van der Waals surface area contributed by atoms with Gasteiger partial charge in [-0.1, -0.05) is 0 Å². The first kappa shape index (κ1) is 14.3. The molecule has 0 radical (unpaired) electrons. The lowest BCUT2D eigenvalue weighted by Crippen LogP contribution is -2.48.